The molecular formula is C30H36Cl2N2O3S. The Morgan fingerprint density at radius 1 is 1.13 bits per heavy atom. The number of likely N-dealkylation sites (tertiary alicyclic amines) is 1. The molecule has 1 aliphatic heterocycles. The van der Waals surface area contributed by atoms with Crippen LogP contribution in [0, 0.1) is 11.8 Å². The summed E-state index contributed by atoms with van der Waals surface area (Å²) in [6.07, 6.45) is 8.23. The van der Waals surface area contributed by atoms with Crippen molar-refractivity contribution >= 4 is 51.8 Å². The number of aliphatic carboxylic acids is 1. The van der Waals surface area contributed by atoms with Crippen LogP contribution in [-0.2, 0) is 11.2 Å². The van der Waals surface area contributed by atoms with Gasteiger partial charge in [0.1, 0.15) is 5.75 Å². The third kappa shape index (κ3) is 8.01. The zero-order valence-corrected chi connectivity index (χ0v) is 24.2. The summed E-state index contributed by atoms with van der Waals surface area (Å²) in [5.74, 6) is 2.07. The molecule has 1 saturated heterocycles. The van der Waals surface area contributed by atoms with Gasteiger partial charge in [0.15, 0.2) is 0 Å². The average Bonchev–Trinajstić information content (AvgIpc) is 2.91. The van der Waals surface area contributed by atoms with E-state index in [1.54, 1.807) is 18.9 Å². The Morgan fingerprint density at radius 3 is 2.71 bits per heavy atom. The molecule has 2 atom stereocenters. The van der Waals surface area contributed by atoms with Gasteiger partial charge in [-0.15, -0.1) is 11.8 Å². The predicted octanol–water partition coefficient (Wildman–Crippen LogP) is 7.86. The summed E-state index contributed by atoms with van der Waals surface area (Å²) in [5, 5.41) is 11.9. The van der Waals surface area contributed by atoms with Crippen LogP contribution in [-0.4, -0.2) is 53.5 Å². The second-order valence-electron chi connectivity index (χ2n) is 10.0. The number of hydrogen-bond donors (Lipinski definition) is 1. The molecule has 5 nitrogen and oxygen atoms in total. The third-order valence-electron chi connectivity index (χ3n) is 7.55. The van der Waals surface area contributed by atoms with E-state index in [0.717, 1.165) is 85.5 Å². The normalized spacial score (nSPS) is 18.1. The number of carboxylic acid groups (broad SMARTS) is 1. The number of thioether (sulfide) groups is 1. The molecule has 1 fully saturated rings. The van der Waals surface area contributed by atoms with E-state index in [2.05, 4.69) is 22.0 Å². The smallest absolute Gasteiger partial charge is 0.303 e. The topological polar surface area (TPSA) is 62.7 Å². The fraction of sp³-hybridized carbons (Fsp3) is 0.467. The Hall–Kier alpha value is -1.99. The first-order valence-electron chi connectivity index (χ1n) is 13.4. The number of halogens is 2. The summed E-state index contributed by atoms with van der Waals surface area (Å²) in [6.45, 7) is 3.06. The van der Waals surface area contributed by atoms with Crippen LogP contribution in [0.25, 0.3) is 10.9 Å². The zero-order chi connectivity index (χ0) is 26.9. The van der Waals surface area contributed by atoms with Gasteiger partial charge in [0, 0.05) is 29.4 Å². The van der Waals surface area contributed by atoms with Crippen LogP contribution in [0.2, 0.25) is 10.0 Å². The number of pyridine rings is 1. The highest BCUT2D eigenvalue weighted by atomic mass is 35.5. The number of fused-ring (bicyclic) bond motifs is 1. The minimum Gasteiger partial charge on any atom is -0.497 e. The second kappa shape index (κ2) is 14.4. The lowest BCUT2D eigenvalue weighted by Crippen LogP contribution is -2.41. The summed E-state index contributed by atoms with van der Waals surface area (Å²) in [6, 6.07) is 13.8. The molecule has 8 heteroatoms. The van der Waals surface area contributed by atoms with Gasteiger partial charge >= 0.3 is 5.97 Å². The van der Waals surface area contributed by atoms with Crippen molar-refractivity contribution in [2.75, 3.05) is 32.5 Å². The van der Waals surface area contributed by atoms with Crippen LogP contribution < -0.4 is 4.74 Å². The first kappa shape index (κ1) is 29.0. The van der Waals surface area contributed by atoms with Crippen molar-refractivity contribution in [1.29, 1.82) is 0 Å². The number of benzene rings is 2. The highest BCUT2D eigenvalue weighted by Gasteiger charge is 2.29. The summed E-state index contributed by atoms with van der Waals surface area (Å²) >= 11 is 14.3. The molecule has 204 valence electrons. The van der Waals surface area contributed by atoms with Gasteiger partial charge in [-0.1, -0.05) is 29.3 Å². The van der Waals surface area contributed by atoms with E-state index in [1.807, 2.05) is 36.5 Å². The number of aromatic nitrogens is 1. The third-order valence-corrected chi connectivity index (χ3v) is 9.62. The Bertz CT molecular complexity index is 1210. The maximum absolute atomic E-state index is 11.4. The standard InChI is InChI=1S/C30H36Cl2N2O3S/c1-37-24-10-11-28-25(19-24)22(13-15-33-28)6-2-5-21-14-17-34(20-23(21)9-12-29(35)36)16-4-18-38-30-26(31)7-3-8-27(30)32/h3,7-8,10-11,13,15,19,21,23H,2,4-6,9,12,14,16-18,20H2,1H3,(H,35,36)/t21-,23+/m1/s1. The van der Waals surface area contributed by atoms with Crippen LogP contribution in [0.3, 0.4) is 0 Å². The molecular weight excluding hydrogens is 539 g/mol. The fourth-order valence-corrected chi connectivity index (χ4v) is 7.15. The van der Waals surface area contributed by atoms with E-state index in [4.69, 9.17) is 27.9 Å². The summed E-state index contributed by atoms with van der Waals surface area (Å²) < 4.78 is 5.42. The van der Waals surface area contributed by atoms with Crippen molar-refractivity contribution in [3.05, 3.63) is 64.3 Å². The van der Waals surface area contributed by atoms with E-state index in [9.17, 15) is 9.90 Å². The largest absolute Gasteiger partial charge is 0.497 e. The zero-order valence-electron chi connectivity index (χ0n) is 21.9. The number of rotatable bonds is 13. The molecule has 2 heterocycles. The van der Waals surface area contributed by atoms with Crippen LogP contribution >= 0.6 is 35.0 Å². The van der Waals surface area contributed by atoms with Gasteiger partial charge in [-0.05, 0) is 111 Å². The number of hydrogen-bond acceptors (Lipinski definition) is 5. The Labute approximate surface area is 239 Å². The van der Waals surface area contributed by atoms with Crippen molar-refractivity contribution < 1.29 is 14.6 Å². The lowest BCUT2D eigenvalue weighted by molar-refractivity contribution is -0.137. The predicted molar refractivity (Wildman–Crippen MR) is 158 cm³/mol. The second-order valence-corrected chi connectivity index (χ2v) is 12.0. The molecule has 1 aliphatic rings. The molecule has 0 unspecified atom stereocenters. The van der Waals surface area contributed by atoms with E-state index < -0.39 is 5.97 Å². The van der Waals surface area contributed by atoms with Crippen molar-refractivity contribution in [3.8, 4) is 5.75 Å². The number of nitrogens with zero attached hydrogens (tertiary/aromatic N) is 2. The first-order valence-corrected chi connectivity index (χ1v) is 15.1. The molecule has 1 aromatic heterocycles. The molecule has 0 bridgehead atoms. The van der Waals surface area contributed by atoms with E-state index in [-0.39, 0.29) is 6.42 Å². The Balaban J connectivity index is 1.29. The molecule has 0 aliphatic carbocycles. The summed E-state index contributed by atoms with van der Waals surface area (Å²) in [7, 11) is 1.69. The molecule has 1 N–H and O–H groups in total. The summed E-state index contributed by atoms with van der Waals surface area (Å²) in [4.78, 5) is 19.3. The number of methoxy groups -OCH3 is 1. The molecule has 0 radical (unpaired) electrons. The van der Waals surface area contributed by atoms with E-state index in [1.165, 1.54) is 5.56 Å². The number of carbonyl (C=O) groups is 1. The minimum atomic E-state index is -0.703. The highest BCUT2D eigenvalue weighted by molar-refractivity contribution is 7.99. The fourth-order valence-electron chi connectivity index (χ4n) is 5.54. The average molecular weight is 576 g/mol. The van der Waals surface area contributed by atoms with Crippen LogP contribution in [0.1, 0.15) is 44.1 Å². The van der Waals surface area contributed by atoms with Crippen LogP contribution in [0.4, 0.5) is 0 Å². The van der Waals surface area contributed by atoms with Gasteiger partial charge in [-0.25, -0.2) is 0 Å². The lowest BCUT2D eigenvalue weighted by atomic mass is 9.79. The van der Waals surface area contributed by atoms with Crippen molar-refractivity contribution in [1.82, 2.24) is 9.88 Å². The lowest BCUT2D eigenvalue weighted by Gasteiger charge is -2.39. The summed E-state index contributed by atoms with van der Waals surface area (Å²) in [5.41, 5.74) is 2.29. The molecule has 38 heavy (non-hydrogen) atoms. The van der Waals surface area contributed by atoms with Gasteiger partial charge in [0.2, 0.25) is 0 Å². The molecule has 0 saturated carbocycles. The minimum absolute atomic E-state index is 0.241. The monoisotopic (exact) mass is 574 g/mol. The van der Waals surface area contributed by atoms with Gasteiger partial charge in [0.25, 0.3) is 0 Å². The number of piperidine rings is 1. The van der Waals surface area contributed by atoms with Gasteiger partial charge in [-0.3, -0.25) is 9.78 Å². The maximum Gasteiger partial charge on any atom is 0.303 e. The SMILES string of the molecule is COc1ccc2nccc(CCC[C@@H]3CCN(CCCSc4c(Cl)cccc4Cl)C[C@@H]3CCC(=O)O)c2c1. The number of ether oxygens (including phenoxy) is 1. The van der Waals surface area contributed by atoms with Crippen LogP contribution in [0.15, 0.2) is 53.6 Å². The van der Waals surface area contributed by atoms with Crippen molar-refractivity contribution in [2.45, 2.75) is 49.8 Å². The quantitative estimate of drug-likeness (QED) is 0.165. The molecule has 3 aromatic rings. The van der Waals surface area contributed by atoms with Gasteiger partial charge < -0.3 is 14.7 Å². The highest BCUT2D eigenvalue weighted by Crippen LogP contribution is 2.35. The van der Waals surface area contributed by atoms with Crippen LogP contribution in [0.5, 0.6) is 5.75 Å². The molecule has 0 amide bonds. The molecule has 0 spiro atoms. The van der Waals surface area contributed by atoms with Gasteiger partial charge in [-0.2, -0.15) is 0 Å². The van der Waals surface area contributed by atoms with Crippen molar-refractivity contribution in [3.63, 3.8) is 0 Å². The van der Waals surface area contributed by atoms with E-state index >= 15 is 0 Å². The Morgan fingerprint density at radius 2 is 1.95 bits per heavy atom. The number of carboxylic acids is 1. The Kier molecular flexibility index (Phi) is 11.0. The first-order chi connectivity index (χ1) is 18.4. The van der Waals surface area contributed by atoms with Crippen molar-refractivity contribution in [2.24, 2.45) is 11.8 Å². The number of aryl methyl sites for hydroxylation is 1. The van der Waals surface area contributed by atoms with Gasteiger partial charge in [0.05, 0.1) is 22.7 Å². The molecule has 4 rings (SSSR count). The van der Waals surface area contributed by atoms with E-state index in [0.29, 0.717) is 21.9 Å². The molecule has 2 aromatic carbocycles. The maximum atomic E-state index is 11.4.